The lowest BCUT2D eigenvalue weighted by Gasteiger charge is -2.05. The molecule has 1 aromatic carbocycles. The number of nitrogens with one attached hydrogen (secondary N) is 1. The maximum absolute atomic E-state index is 11.8. The van der Waals surface area contributed by atoms with Crippen molar-refractivity contribution in [1.29, 1.82) is 0 Å². The molecule has 0 radical (unpaired) electrons. The maximum atomic E-state index is 11.8. The van der Waals surface area contributed by atoms with Crippen LogP contribution in [0.4, 0.5) is 5.69 Å². The van der Waals surface area contributed by atoms with Crippen molar-refractivity contribution in [3.63, 3.8) is 0 Å². The predicted octanol–water partition coefficient (Wildman–Crippen LogP) is 1.54. The number of benzene rings is 1. The van der Waals surface area contributed by atoms with E-state index in [1.54, 1.807) is 6.20 Å². The Morgan fingerprint density at radius 1 is 1.58 bits per heavy atom. The van der Waals surface area contributed by atoms with Gasteiger partial charge in [0.15, 0.2) is 0 Å². The second-order valence-electron chi connectivity index (χ2n) is 4.19. The van der Waals surface area contributed by atoms with E-state index >= 15 is 0 Å². The summed E-state index contributed by atoms with van der Waals surface area (Å²) in [6, 6.07) is 7.40. The maximum Gasteiger partial charge on any atom is 0.246 e. The molecule has 100 valence electrons. The molecule has 0 spiro atoms. The number of hydrogen-bond donors (Lipinski definition) is 2. The van der Waals surface area contributed by atoms with E-state index in [0.717, 1.165) is 9.26 Å². The molecule has 1 atom stereocenters. The molecule has 2 aromatic rings. The summed E-state index contributed by atoms with van der Waals surface area (Å²) in [4.78, 5) is 11.8. The Morgan fingerprint density at radius 3 is 3.00 bits per heavy atom. The highest BCUT2D eigenvalue weighted by atomic mass is 127. The number of amides is 1. The van der Waals surface area contributed by atoms with Gasteiger partial charge in [0.1, 0.15) is 6.54 Å². The van der Waals surface area contributed by atoms with Crippen LogP contribution in [0.25, 0.3) is 0 Å². The monoisotopic (exact) mass is 371 g/mol. The van der Waals surface area contributed by atoms with Gasteiger partial charge in [-0.3, -0.25) is 4.79 Å². The van der Waals surface area contributed by atoms with Gasteiger partial charge < -0.3 is 11.1 Å². The van der Waals surface area contributed by atoms with Gasteiger partial charge in [-0.25, -0.2) is 4.68 Å². The van der Waals surface area contributed by atoms with Crippen LogP contribution in [0.1, 0.15) is 18.7 Å². The molecular weight excluding hydrogens is 357 g/mol. The first-order valence-electron chi connectivity index (χ1n) is 5.75. The first-order chi connectivity index (χ1) is 9.04. The van der Waals surface area contributed by atoms with E-state index < -0.39 is 0 Å². The molecule has 6 nitrogen and oxygen atoms in total. The first-order valence-corrected chi connectivity index (χ1v) is 6.83. The molecule has 1 amide bonds. The quantitative estimate of drug-likeness (QED) is 0.799. The van der Waals surface area contributed by atoms with Crippen LogP contribution in [0.15, 0.2) is 30.5 Å². The van der Waals surface area contributed by atoms with Crippen LogP contribution in [0.3, 0.4) is 0 Å². The van der Waals surface area contributed by atoms with Crippen molar-refractivity contribution >= 4 is 34.2 Å². The molecule has 0 aliphatic rings. The van der Waals surface area contributed by atoms with E-state index in [9.17, 15) is 4.79 Å². The van der Waals surface area contributed by atoms with E-state index in [0.29, 0.717) is 5.69 Å². The van der Waals surface area contributed by atoms with Crippen molar-refractivity contribution in [3.8, 4) is 0 Å². The van der Waals surface area contributed by atoms with Gasteiger partial charge in [-0.15, -0.1) is 5.10 Å². The lowest BCUT2D eigenvalue weighted by atomic mass is 10.3. The highest BCUT2D eigenvalue weighted by Gasteiger charge is 2.08. The Bertz CT molecular complexity index is 581. The Morgan fingerprint density at radius 2 is 2.37 bits per heavy atom. The molecule has 0 aliphatic carbocycles. The molecule has 0 saturated heterocycles. The summed E-state index contributed by atoms with van der Waals surface area (Å²) in [5.74, 6) is -0.150. The fourth-order valence-electron chi connectivity index (χ4n) is 1.51. The second-order valence-corrected chi connectivity index (χ2v) is 5.43. The van der Waals surface area contributed by atoms with Crippen LogP contribution in [-0.2, 0) is 11.3 Å². The van der Waals surface area contributed by atoms with Gasteiger partial charge in [-0.1, -0.05) is 11.3 Å². The molecule has 0 bridgehead atoms. The van der Waals surface area contributed by atoms with Crippen molar-refractivity contribution < 1.29 is 4.79 Å². The van der Waals surface area contributed by atoms with Crippen LogP contribution >= 0.6 is 22.6 Å². The Balaban J connectivity index is 1.97. The summed E-state index contributed by atoms with van der Waals surface area (Å²) >= 11 is 2.19. The van der Waals surface area contributed by atoms with E-state index in [1.165, 1.54) is 4.68 Å². The number of nitrogens with two attached hydrogens (primary N) is 1. The topological polar surface area (TPSA) is 85.8 Å². The van der Waals surface area contributed by atoms with Crippen molar-refractivity contribution in [1.82, 2.24) is 15.0 Å². The minimum atomic E-state index is -0.187. The van der Waals surface area contributed by atoms with E-state index in [-0.39, 0.29) is 18.5 Å². The van der Waals surface area contributed by atoms with Crippen molar-refractivity contribution in [3.05, 3.63) is 39.7 Å². The first kappa shape index (κ1) is 13.9. The van der Waals surface area contributed by atoms with Gasteiger partial charge in [0, 0.05) is 15.3 Å². The number of rotatable bonds is 4. The van der Waals surface area contributed by atoms with Crippen molar-refractivity contribution in [2.45, 2.75) is 19.5 Å². The lowest BCUT2D eigenvalue weighted by molar-refractivity contribution is -0.116. The molecule has 0 saturated carbocycles. The zero-order valence-corrected chi connectivity index (χ0v) is 12.5. The number of aromatic nitrogens is 3. The van der Waals surface area contributed by atoms with Gasteiger partial charge in [-0.05, 0) is 47.7 Å². The SMILES string of the molecule is CC(N)c1cn(CC(=O)Nc2cccc(I)c2)nn1. The van der Waals surface area contributed by atoms with Crippen molar-refractivity contribution in [2.24, 2.45) is 5.73 Å². The number of halogens is 1. The number of carbonyl (C=O) groups excluding carboxylic acids is 1. The summed E-state index contributed by atoms with van der Waals surface area (Å²) in [6.07, 6.45) is 1.68. The fraction of sp³-hybridized carbons (Fsp3) is 0.250. The molecule has 7 heteroatoms. The summed E-state index contributed by atoms with van der Waals surface area (Å²) in [5.41, 5.74) is 7.12. The number of nitrogens with zero attached hydrogens (tertiary/aromatic N) is 3. The van der Waals surface area contributed by atoms with E-state index in [2.05, 4.69) is 38.2 Å². The largest absolute Gasteiger partial charge is 0.324 e. The van der Waals surface area contributed by atoms with Gasteiger partial charge in [0.25, 0.3) is 0 Å². The summed E-state index contributed by atoms with van der Waals surface area (Å²) in [5, 5.41) is 10.6. The predicted molar refractivity (Wildman–Crippen MR) is 80.4 cm³/mol. The van der Waals surface area contributed by atoms with Crippen molar-refractivity contribution in [2.75, 3.05) is 5.32 Å². The molecule has 2 rings (SSSR count). The number of hydrogen-bond acceptors (Lipinski definition) is 4. The zero-order chi connectivity index (χ0) is 13.8. The molecule has 19 heavy (non-hydrogen) atoms. The van der Waals surface area contributed by atoms with Gasteiger partial charge in [-0.2, -0.15) is 0 Å². The third-order valence-corrected chi connectivity index (χ3v) is 3.11. The summed E-state index contributed by atoms with van der Waals surface area (Å²) in [6.45, 7) is 1.94. The highest BCUT2D eigenvalue weighted by Crippen LogP contribution is 2.12. The molecule has 1 unspecified atom stereocenters. The molecule has 0 fully saturated rings. The number of anilines is 1. The second kappa shape index (κ2) is 6.11. The minimum absolute atomic E-state index is 0.116. The van der Waals surface area contributed by atoms with E-state index in [4.69, 9.17) is 5.73 Å². The zero-order valence-electron chi connectivity index (χ0n) is 10.4. The van der Waals surface area contributed by atoms with Crippen LogP contribution in [0.5, 0.6) is 0 Å². The third-order valence-electron chi connectivity index (χ3n) is 2.44. The molecule has 1 aromatic heterocycles. The standard InChI is InChI=1S/C12H14IN5O/c1-8(14)11-6-18(17-16-11)7-12(19)15-10-4-2-3-9(13)5-10/h2-6,8H,7,14H2,1H3,(H,15,19). The van der Waals surface area contributed by atoms with Gasteiger partial charge in [0.05, 0.1) is 11.9 Å². The highest BCUT2D eigenvalue weighted by molar-refractivity contribution is 14.1. The van der Waals surface area contributed by atoms with Crippen LogP contribution in [0, 0.1) is 3.57 Å². The van der Waals surface area contributed by atoms with Crippen LogP contribution < -0.4 is 11.1 Å². The minimum Gasteiger partial charge on any atom is -0.324 e. The summed E-state index contributed by atoms with van der Waals surface area (Å²) < 4.78 is 2.54. The average Bonchev–Trinajstić information content (AvgIpc) is 2.77. The van der Waals surface area contributed by atoms with Gasteiger partial charge >= 0.3 is 0 Å². The molecule has 0 aliphatic heterocycles. The Hall–Kier alpha value is -1.48. The fourth-order valence-corrected chi connectivity index (χ4v) is 2.06. The number of carbonyl (C=O) groups is 1. The molecular formula is C12H14IN5O. The molecule has 3 N–H and O–H groups in total. The third kappa shape index (κ3) is 4.00. The average molecular weight is 371 g/mol. The Labute approximate surface area is 124 Å². The molecule has 1 heterocycles. The normalized spacial score (nSPS) is 12.2. The Kier molecular flexibility index (Phi) is 4.48. The smallest absolute Gasteiger partial charge is 0.246 e. The van der Waals surface area contributed by atoms with Crippen LogP contribution in [-0.4, -0.2) is 20.9 Å². The van der Waals surface area contributed by atoms with Gasteiger partial charge in [0.2, 0.25) is 5.91 Å². The van der Waals surface area contributed by atoms with Crippen LogP contribution in [0.2, 0.25) is 0 Å². The lowest BCUT2D eigenvalue weighted by Crippen LogP contribution is -2.19. The van der Waals surface area contributed by atoms with E-state index in [1.807, 2.05) is 31.2 Å². The summed E-state index contributed by atoms with van der Waals surface area (Å²) in [7, 11) is 0.